The number of hydrogen-bond donors (Lipinski definition) is 0. The fraction of sp³-hybridized carbons (Fsp3) is 0.533. The van der Waals surface area contributed by atoms with Gasteiger partial charge in [-0.05, 0) is 37.8 Å². The average molecular weight is 263 g/mol. The Bertz CT molecular complexity index is 477. The number of rotatable bonds is 2. The van der Waals surface area contributed by atoms with Crippen LogP contribution in [-0.2, 0) is 4.74 Å². The monoisotopic (exact) mass is 263 g/mol. The molecule has 2 unspecified atom stereocenters. The van der Waals surface area contributed by atoms with E-state index in [1.807, 2.05) is 4.90 Å². The van der Waals surface area contributed by atoms with Gasteiger partial charge in [0.25, 0.3) is 5.91 Å². The minimum absolute atomic E-state index is 0.167. The Morgan fingerprint density at radius 2 is 1.89 bits per heavy atom. The SMILES string of the molecule is COC1CC2CCC(C1)N2C(=O)c1ccccc1F. The van der Waals surface area contributed by atoms with Crippen molar-refractivity contribution in [2.24, 2.45) is 0 Å². The third-order valence-corrected chi connectivity index (χ3v) is 4.36. The molecule has 0 spiro atoms. The van der Waals surface area contributed by atoms with Crippen molar-refractivity contribution in [1.29, 1.82) is 0 Å². The van der Waals surface area contributed by atoms with Crippen molar-refractivity contribution in [1.82, 2.24) is 4.90 Å². The number of ether oxygens (including phenoxy) is 1. The van der Waals surface area contributed by atoms with Gasteiger partial charge in [-0.25, -0.2) is 4.39 Å². The van der Waals surface area contributed by atoms with Gasteiger partial charge in [-0.15, -0.1) is 0 Å². The van der Waals surface area contributed by atoms with Crippen molar-refractivity contribution < 1.29 is 13.9 Å². The molecule has 2 aliphatic heterocycles. The number of halogens is 1. The number of fused-ring (bicyclic) bond motifs is 2. The summed E-state index contributed by atoms with van der Waals surface area (Å²) in [6.07, 6.45) is 3.98. The number of hydrogen-bond acceptors (Lipinski definition) is 2. The molecular weight excluding hydrogens is 245 g/mol. The molecule has 1 amide bonds. The fourth-order valence-electron chi connectivity index (χ4n) is 3.42. The molecule has 4 heteroatoms. The molecule has 1 aromatic rings. The maximum absolute atomic E-state index is 13.7. The molecule has 2 heterocycles. The molecule has 3 rings (SSSR count). The zero-order valence-electron chi connectivity index (χ0n) is 11.0. The van der Waals surface area contributed by atoms with E-state index in [1.54, 1.807) is 25.3 Å². The van der Waals surface area contributed by atoms with Crippen LogP contribution in [0.5, 0.6) is 0 Å². The smallest absolute Gasteiger partial charge is 0.257 e. The Morgan fingerprint density at radius 3 is 2.47 bits per heavy atom. The van der Waals surface area contributed by atoms with Crippen molar-refractivity contribution in [3.63, 3.8) is 0 Å². The first-order valence-corrected chi connectivity index (χ1v) is 6.80. The highest BCUT2D eigenvalue weighted by Gasteiger charge is 2.43. The van der Waals surface area contributed by atoms with Gasteiger partial charge in [0.1, 0.15) is 5.82 Å². The van der Waals surface area contributed by atoms with Crippen molar-refractivity contribution in [2.75, 3.05) is 7.11 Å². The zero-order chi connectivity index (χ0) is 13.4. The zero-order valence-corrected chi connectivity index (χ0v) is 11.0. The van der Waals surface area contributed by atoms with Gasteiger partial charge in [0, 0.05) is 19.2 Å². The number of nitrogens with zero attached hydrogens (tertiary/aromatic N) is 1. The Hall–Kier alpha value is -1.42. The molecule has 3 nitrogen and oxygen atoms in total. The average Bonchev–Trinajstić information content (AvgIpc) is 2.69. The number of piperidine rings is 1. The van der Waals surface area contributed by atoms with E-state index in [4.69, 9.17) is 4.74 Å². The Kier molecular flexibility index (Phi) is 3.27. The van der Waals surface area contributed by atoms with Crippen molar-refractivity contribution in [3.8, 4) is 0 Å². The minimum atomic E-state index is -0.430. The minimum Gasteiger partial charge on any atom is -0.381 e. The van der Waals surface area contributed by atoms with Gasteiger partial charge in [-0.2, -0.15) is 0 Å². The fourth-order valence-corrected chi connectivity index (χ4v) is 3.42. The second-order valence-corrected chi connectivity index (χ2v) is 5.41. The van der Waals surface area contributed by atoms with Crippen LogP contribution in [0.25, 0.3) is 0 Å². The van der Waals surface area contributed by atoms with Crippen LogP contribution < -0.4 is 0 Å². The van der Waals surface area contributed by atoms with E-state index in [1.165, 1.54) is 6.07 Å². The maximum atomic E-state index is 13.7. The molecule has 2 bridgehead atoms. The standard InChI is InChI=1S/C15H18FNO2/c1-19-12-8-10-6-7-11(9-12)17(10)15(18)13-4-2-3-5-14(13)16/h2-5,10-12H,6-9H2,1H3. The van der Waals surface area contributed by atoms with Gasteiger partial charge >= 0.3 is 0 Å². The van der Waals surface area contributed by atoms with Crippen LogP contribution in [0.4, 0.5) is 4.39 Å². The molecule has 102 valence electrons. The molecular formula is C15H18FNO2. The van der Waals surface area contributed by atoms with Crippen LogP contribution in [-0.4, -0.2) is 36.1 Å². The quantitative estimate of drug-likeness (QED) is 0.821. The van der Waals surface area contributed by atoms with Crippen LogP contribution >= 0.6 is 0 Å². The largest absolute Gasteiger partial charge is 0.381 e. The molecule has 2 aliphatic rings. The first kappa shape index (κ1) is 12.6. The number of methoxy groups -OCH3 is 1. The van der Waals surface area contributed by atoms with Crippen LogP contribution in [0, 0.1) is 5.82 Å². The van der Waals surface area contributed by atoms with Gasteiger partial charge in [-0.3, -0.25) is 4.79 Å². The first-order valence-electron chi connectivity index (χ1n) is 6.80. The summed E-state index contributed by atoms with van der Waals surface area (Å²) in [5.41, 5.74) is 0.190. The highest BCUT2D eigenvalue weighted by molar-refractivity contribution is 5.95. The lowest BCUT2D eigenvalue weighted by Crippen LogP contribution is -2.48. The lowest BCUT2D eigenvalue weighted by atomic mass is 9.98. The van der Waals surface area contributed by atoms with Gasteiger partial charge in [0.15, 0.2) is 0 Å². The lowest BCUT2D eigenvalue weighted by Gasteiger charge is -2.38. The van der Waals surface area contributed by atoms with E-state index >= 15 is 0 Å². The third kappa shape index (κ3) is 2.14. The summed E-state index contributed by atoms with van der Waals surface area (Å²) in [5, 5.41) is 0. The van der Waals surface area contributed by atoms with E-state index in [-0.39, 0.29) is 29.7 Å². The normalized spacial score (nSPS) is 29.6. The number of carbonyl (C=O) groups is 1. The Labute approximate surface area is 112 Å². The molecule has 0 radical (unpaired) electrons. The first-order chi connectivity index (χ1) is 9.20. The molecule has 0 saturated carbocycles. The van der Waals surface area contributed by atoms with E-state index in [0.717, 1.165) is 25.7 Å². The number of amides is 1. The van der Waals surface area contributed by atoms with E-state index in [2.05, 4.69) is 0 Å². The molecule has 1 aromatic carbocycles. The van der Waals surface area contributed by atoms with E-state index in [0.29, 0.717) is 0 Å². The van der Waals surface area contributed by atoms with Gasteiger partial charge in [0.05, 0.1) is 11.7 Å². The van der Waals surface area contributed by atoms with Crippen molar-refractivity contribution in [2.45, 2.75) is 43.9 Å². The summed E-state index contributed by atoms with van der Waals surface area (Å²) in [6.45, 7) is 0. The van der Waals surface area contributed by atoms with Gasteiger partial charge in [-0.1, -0.05) is 12.1 Å². The highest BCUT2D eigenvalue weighted by atomic mass is 19.1. The van der Waals surface area contributed by atoms with Crippen LogP contribution in [0.3, 0.4) is 0 Å². The van der Waals surface area contributed by atoms with Crippen LogP contribution in [0.15, 0.2) is 24.3 Å². The van der Waals surface area contributed by atoms with Gasteiger partial charge in [0.2, 0.25) is 0 Å². The molecule has 2 fully saturated rings. The molecule has 2 atom stereocenters. The molecule has 2 saturated heterocycles. The summed E-state index contributed by atoms with van der Waals surface area (Å²) >= 11 is 0. The van der Waals surface area contributed by atoms with Gasteiger partial charge < -0.3 is 9.64 Å². The van der Waals surface area contributed by atoms with Crippen molar-refractivity contribution >= 4 is 5.91 Å². The van der Waals surface area contributed by atoms with Crippen molar-refractivity contribution in [3.05, 3.63) is 35.6 Å². The number of benzene rings is 1. The molecule has 0 aliphatic carbocycles. The Morgan fingerprint density at radius 1 is 1.26 bits per heavy atom. The summed E-state index contributed by atoms with van der Waals surface area (Å²) < 4.78 is 19.2. The third-order valence-electron chi connectivity index (χ3n) is 4.36. The summed E-state index contributed by atoms with van der Waals surface area (Å²) in [7, 11) is 1.72. The highest BCUT2D eigenvalue weighted by Crippen LogP contribution is 2.37. The van der Waals surface area contributed by atoms with E-state index < -0.39 is 5.82 Å². The summed E-state index contributed by atoms with van der Waals surface area (Å²) in [5.74, 6) is -0.596. The van der Waals surface area contributed by atoms with E-state index in [9.17, 15) is 9.18 Å². The second kappa shape index (κ2) is 4.93. The molecule has 0 N–H and O–H groups in total. The molecule has 19 heavy (non-hydrogen) atoms. The van der Waals surface area contributed by atoms with Crippen LogP contribution in [0.2, 0.25) is 0 Å². The maximum Gasteiger partial charge on any atom is 0.257 e. The second-order valence-electron chi connectivity index (χ2n) is 5.41. The summed E-state index contributed by atoms with van der Waals surface area (Å²) in [6, 6.07) is 6.64. The molecule has 0 aromatic heterocycles. The predicted molar refractivity (Wildman–Crippen MR) is 69.4 cm³/mol. The number of carbonyl (C=O) groups excluding carboxylic acids is 1. The topological polar surface area (TPSA) is 29.5 Å². The van der Waals surface area contributed by atoms with Crippen LogP contribution in [0.1, 0.15) is 36.0 Å². The summed E-state index contributed by atoms with van der Waals surface area (Å²) in [4.78, 5) is 14.4. The predicted octanol–water partition coefficient (Wildman–Crippen LogP) is 2.61. The lowest BCUT2D eigenvalue weighted by molar-refractivity contribution is 0.00802. The Balaban J connectivity index is 1.84.